The molecule has 2 N–H and O–H groups in total. The number of nitrogens with zero attached hydrogens (tertiary/aromatic N) is 5. The quantitative estimate of drug-likeness (QED) is 0.885. The Morgan fingerprint density at radius 3 is 3.00 bits per heavy atom. The average molecular weight is 248 g/mol. The van der Waals surface area contributed by atoms with Gasteiger partial charge in [-0.3, -0.25) is 0 Å². The van der Waals surface area contributed by atoms with Crippen LogP contribution in [-0.4, -0.2) is 25.2 Å². The fourth-order valence-corrected chi connectivity index (χ4v) is 2.36. The summed E-state index contributed by atoms with van der Waals surface area (Å²) >= 11 is 1.42. The zero-order chi connectivity index (χ0) is 11.8. The number of hydrogen-bond donors (Lipinski definition) is 1. The molecule has 0 unspecified atom stereocenters. The number of rotatable bonds is 3. The maximum Gasteiger partial charge on any atom is 0.215 e. The molecule has 1 aliphatic rings. The first-order valence-electron chi connectivity index (χ1n) is 5.42. The smallest absolute Gasteiger partial charge is 0.215 e. The Balaban J connectivity index is 1.88. The highest BCUT2D eigenvalue weighted by molar-refractivity contribution is 7.99. The molecule has 0 radical (unpaired) electrons. The molecule has 2 aromatic heterocycles. The molecular weight excluding hydrogens is 236 g/mol. The summed E-state index contributed by atoms with van der Waals surface area (Å²) in [6.07, 6.45) is 4.09. The van der Waals surface area contributed by atoms with Crippen molar-refractivity contribution < 1.29 is 0 Å². The molecule has 0 atom stereocenters. The summed E-state index contributed by atoms with van der Waals surface area (Å²) < 4.78 is 1.85. The molecule has 1 fully saturated rings. The predicted octanol–water partition coefficient (Wildman–Crippen LogP) is 1.44. The first-order chi connectivity index (χ1) is 8.24. The van der Waals surface area contributed by atoms with E-state index in [-0.39, 0.29) is 0 Å². The number of hydrogen-bond acceptors (Lipinski definition) is 6. The van der Waals surface area contributed by atoms with Gasteiger partial charge in [-0.15, -0.1) is 5.10 Å². The Morgan fingerprint density at radius 2 is 2.29 bits per heavy atom. The number of pyridine rings is 1. The van der Waals surface area contributed by atoms with Crippen molar-refractivity contribution in [3.8, 4) is 0 Å². The number of aromatic nitrogens is 5. The molecule has 6 nitrogen and oxygen atoms in total. The van der Waals surface area contributed by atoms with Gasteiger partial charge in [-0.1, -0.05) is 0 Å². The zero-order valence-corrected chi connectivity index (χ0v) is 10.2. The van der Waals surface area contributed by atoms with Gasteiger partial charge >= 0.3 is 0 Å². The standard InChI is InChI=1S/C10H12N6S/c1-6-4-8(11)9(12-5-6)17-10-13-14-15-16(10)7-2-3-7/h4-5,7H,2-3,11H2,1H3. The summed E-state index contributed by atoms with van der Waals surface area (Å²) in [5, 5.41) is 13.2. The lowest BCUT2D eigenvalue weighted by Crippen LogP contribution is -2.00. The van der Waals surface area contributed by atoms with Crippen molar-refractivity contribution in [2.45, 2.75) is 36.0 Å². The SMILES string of the molecule is Cc1cnc(Sc2nnnn2C2CC2)c(N)c1. The van der Waals surface area contributed by atoms with Crippen LogP contribution in [0.3, 0.4) is 0 Å². The van der Waals surface area contributed by atoms with E-state index in [0.717, 1.165) is 28.6 Å². The molecule has 88 valence electrons. The van der Waals surface area contributed by atoms with Crippen molar-refractivity contribution in [3.05, 3.63) is 17.8 Å². The van der Waals surface area contributed by atoms with E-state index >= 15 is 0 Å². The van der Waals surface area contributed by atoms with E-state index in [0.29, 0.717) is 11.7 Å². The largest absolute Gasteiger partial charge is 0.397 e. The van der Waals surface area contributed by atoms with E-state index in [4.69, 9.17) is 5.73 Å². The maximum atomic E-state index is 5.92. The molecule has 0 aliphatic heterocycles. The number of nitrogens with two attached hydrogens (primary N) is 1. The van der Waals surface area contributed by atoms with Crippen LogP contribution in [0.2, 0.25) is 0 Å². The third-order valence-corrected chi connectivity index (χ3v) is 3.54. The van der Waals surface area contributed by atoms with Crippen LogP contribution >= 0.6 is 11.8 Å². The predicted molar refractivity (Wildman–Crippen MR) is 63.6 cm³/mol. The topological polar surface area (TPSA) is 82.5 Å². The van der Waals surface area contributed by atoms with E-state index in [1.54, 1.807) is 6.20 Å². The normalized spacial score (nSPS) is 15.1. The van der Waals surface area contributed by atoms with Crippen LogP contribution in [0.15, 0.2) is 22.4 Å². The molecule has 0 saturated heterocycles. The number of tetrazole rings is 1. The fraction of sp³-hybridized carbons (Fsp3) is 0.400. The summed E-state index contributed by atoms with van der Waals surface area (Å²) in [6.45, 7) is 1.96. The summed E-state index contributed by atoms with van der Waals surface area (Å²) in [5.41, 5.74) is 7.64. The molecule has 2 aromatic rings. The summed E-state index contributed by atoms with van der Waals surface area (Å²) in [7, 11) is 0. The summed E-state index contributed by atoms with van der Waals surface area (Å²) in [4.78, 5) is 4.30. The van der Waals surface area contributed by atoms with Crippen LogP contribution in [-0.2, 0) is 0 Å². The average Bonchev–Trinajstić information content (AvgIpc) is 3.03. The lowest BCUT2D eigenvalue weighted by Gasteiger charge is -2.04. The van der Waals surface area contributed by atoms with Crippen LogP contribution in [0.25, 0.3) is 0 Å². The Morgan fingerprint density at radius 1 is 1.47 bits per heavy atom. The van der Waals surface area contributed by atoms with E-state index in [2.05, 4.69) is 20.5 Å². The van der Waals surface area contributed by atoms with Gasteiger partial charge in [-0.25, -0.2) is 9.67 Å². The third kappa shape index (κ3) is 2.10. The van der Waals surface area contributed by atoms with Crippen molar-refractivity contribution in [2.24, 2.45) is 0 Å². The minimum atomic E-state index is 0.458. The number of anilines is 1. The second-order valence-electron chi connectivity index (χ2n) is 4.15. The highest BCUT2D eigenvalue weighted by atomic mass is 32.2. The van der Waals surface area contributed by atoms with Crippen molar-refractivity contribution in [1.82, 2.24) is 25.2 Å². The minimum Gasteiger partial charge on any atom is -0.397 e. The lowest BCUT2D eigenvalue weighted by atomic mass is 10.3. The second-order valence-corrected chi connectivity index (χ2v) is 5.10. The molecule has 1 saturated carbocycles. The molecule has 0 amide bonds. The Hall–Kier alpha value is -1.63. The molecule has 3 rings (SSSR count). The molecule has 0 bridgehead atoms. The molecule has 0 spiro atoms. The van der Waals surface area contributed by atoms with Gasteiger partial charge in [0.2, 0.25) is 5.16 Å². The third-order valence-electron chi connectivity index (χ3n) is 2.56. The number of aryl methyl sites for hydroxylation is 1. The first kappa shape index (κ1) is 10.5. The molecule has 17 heavy (non-hydrogen) atoms. The second kappa shape index (κ2) is 3.99. The molecule has 1 aliphatic carbocycles. The van der Waals surface area contributed by atoms with E-state index < -0.39 is 0 Å². The van der Waals surface area contributed by atoms with Gasteiger partial charge < -0.3 is 5.73 Å². The van der Waals surface area contributed by atoms with E-state index in [1.165, 1.54) is 11.8 Å². The van der Waals surface area contributed by atoms with Crippen LogP contribution in [0.1, 0.15) is 24.4 Å². The zero-order valence-electron chi connectivity index (χ0n) is 9.37. The van der Waals surface area contributed by atoms with Crippen molar-refractivity contribution >= 4 is 17.4 Å². The minimum absolute atomic E-state index is 0.458. The maximum absolute atomic E-state index is 5.92. The summed E-state index contributed by atoms with van der Waals surface area (Å²) in [5.74, 6) is 0. The highest BCUT2D eigenvalue weighted by Crippen LogP contribution is 2.38. The van der Waals surface area contributed by atoms with Crippen LogP contribution in [0, 0.1) is 6.92 Å². The van der Waals surface area contributed by atoms with E-state index in [1.807, 2.05) is 17.7 Å². The van der Waals surface area contributed by atoms with Crippen molar-refractivity contribution in [3.63, 3.8) is 0 Å². The lowest BCUT2D eigenvalue weighted by molar-refractivity contribution is 0.565. The van der Waals surface area contributed by atoms with Crippen molar-refractivity contribution in [1.29, 1.82) is 0 Å². The Bertz CT molecular complexity index is 547. The van der Waals surface area contributed by atoms with Gasteiger partial charge in [0.05, 0.1) is 11.7 Å². The van der Waals surface area contributed by atoms with Gasteiger partial charge in [-0.05, 0) is 53.6 Å². The Labute approximate surface area is 103 Å². The highest BCUT2D eigenvalue weighted by Gasteiger charge is 2.28. The Kier molecular flexibility index (Phi) is 2.47. The summed E-state index contributed by atoms with van der Waals surface area (Å²) in [6, 6.07) is 2.36. The fourth-order valence-electron chi connectivity index (χ4n) is 1.55. The molecule has 2 heterocycles. The number of nitrogen functional groups attached to an aromatic ring is 1. The van der Waals surface area contributed by atoms with Gasteiger partial charge in [0.15, 0.2) is 0 Å². The monoisotopic (exact) mass is 248 g/mol. The van der Waals surface area contributed by atoms with Gasteiger partial charge in [-0.2, -0.15) is 0 Å². The van der Waals surface area contributed by atoms with Crippen LogP contribution < -0.4 is 5.73 Å². The van der Waals surface area contributed by atoms with Crippen LogP contribution in [0.5, 0.6) is 0 Å². The van der Waals surface area contributed by atoms with Gasteiger partial charge in [0.25, 0.3) is 0 Å². The molecule has 7 heteroatoms. The van der Waals surface area contributed by atoms with Crippen molar-refractivity contribution in [2.75, 3.05) is 5.73 Å². The van der Waals surface area contributed by atoms with Gasteiger partial charge in [0.1, 0.15) is 5.03 Å². The molecular formula is C10H12N6S. The van der Waals surface area contributed by atoms with Crippen LogP contribution in [0.4, 0.5) is 5.69 Å². The van der Waals surface area contributed by atoms with E-state index in [9.17, 15) is 0 Å². The molecule has 0 aromatic carbocycles. The first-order valence-corrected chi connectivity index (χ1v) is 6.23. The van der Waals surface area contributed by atoms with Gasteiger partial charge in [0, 0.05) is 6.20 Å².